The third-order valence-corrected chi connectivity index (χ3v) is 4.11. The van der Waals surface area contributed by atoms with Crippen molar-refractivity contribution in [3.05, 3.63) is 10.6 Å². The Balaban J connectivity index is 2.19. The quantitative estimate of drug-likeness (QED) is 0.767. The lowest BCUT2D eigenvalue weighted by Crippen LogP contribution is -2.35. The second-order valence-corrected chi connectivity index (χ2v) is 5.64. The molecule has 2 rings (SSSR count). The minimum Gasteiger partial charge on any atom is -0.354 e. The van der Waals surface area contributed by atoms with Crippen molar-refractivity contribution in [2.45, 2.75) is 32.9 Å². The maximum atomic E-state index is 4.66. The number of anilines is 1. The van der Waals surface area contributed by atoms with Crippen LogP contribution in [0.4, 0.5) is 5.13 Å². The Morgan fingerprint density at radius 3 is 2.73 bits per heavy atom. The summed E-state index contributed by atoms with van der Waals surface area (Å²) in [6.07, 6.45) is 1.11. The first-order chi connectivity index (χ1) is 7.08. The molecule has 0 unspecified atom stereocenters. The summed E-state index contributed by atoms with van der Waals surface area (Å²) in [5.41, 5.74) is 1.32. The molecule has 1 aliphatic rings. The van der Waals surface area contributed by atoms with Gasteiger partial charge in [-0.3, -0.25) is 4.90 Å². The predicted molar refractivity (Wildman–Crippen MR) is 65.7 cm³/mol. The normalized spacial score (nSPS) is 16.9. The number of rotatable bonds is 2. The highest BCUT2D eigenvalue weighted by atomic mass is 32.1. The Bertz CT molecular complexity index is 344. The third-order valence-electron chi connectivity index (χ3n) is 2.86. The third kappa shape index (κ3) is 2.16. The highest BCUT2D eigenvalue weighted by Crippen LogP contribution is 2.30. The molecule has 3 nitrogen and oxygen atoms in total. The molecule has 15 heavy (non-hydrogen) atoms. The minimum absolute atomic E-state index is 0.642. The Hall–Kier alpha value is -0.610. The molecule has 0 atom stereocenters. The summed E-state index contributed by atoms with van der Waals surface area (Å²) in [5.74, 6) is 0. The van der Waals surface area contributed by atoms with Gasteiger partial charge in [0.05, 0.1) is 5.69 Å². The van der Waals surface area contributed by atoms with Gasteiger partial charge in [-0.05, 0) is 13.8 Å². The average Bonchev–Trinajstić information content (AvgIpc) is 2.59. The van der Waals surface area contributed by atoms with Crippen molar-refractivity contribution in [1.82, 2.24) is 9.88 Å². The topological polar surface area (TPSA) is 19.4 Å². The van der Waals surface area contributed by atoms with E-state index in [0.717, 1.165) is 24.6 Å². The van der Waals surface area contributed by atoms with Crippen molar-refractivity contribution in [2.24, 2.45) is 0 Å². The van der Waals surface area contributed by atoms with E-state index in [9.17, 15) is 0 Å². The first-order valence-electron chi connectivity index (χ1n) is 5.48. The fraction of sp³-hybridized carbons (Fsp3) is 0.727. The van der Waals surface area contributed by atoms with E-state index in [4.69, 9.17) is 0 Å². The zero-order chi connectivity index (χ0) is 11.0. The van der Waals surface area contributed by atoms with Gasteiger partial charge in [0.25, 0.3) is 0 Å². The molecule has 0 bridgehead atoms. The monoisotopic (exact) mass is 225 g/mol. The van der Waals surface area contributed by atoms with Gasteiger partial charge in [-0.15, -0.1) is 11.3 Å². The maximum absolute atomic E-state index is 4.66. The van der Waals surface area contributed by atoms with Crippen molar-refractivity contribution < 1.29 is 0 Å². The SMILES string of the molecule is CC(C)N1CCc2nc(N(C)C)sc2C1. The highest BCUT2D eigenvalue weighted by molar-refractivity contribution is 7.15. The molecule has 0 saturated heterocycles. The smallest absolute Gasteiger partial charge is 0.185 e. The second-order valence-electron chi connectivity index (χ2n) is 4.57. The van der Waals surface area contributed by atoms with Crippen molar-refractivity contribution in [1.29, 1.82) is 0 Å². The molecule has 0 aromatic carbocycles. The Morgan fingerprint density at radius 2 is 2.13 bits per heavy atom. The van der Waals surface area contributed by atoms with Crippen molar-refractivity contribution in [2.75, 3.05) is 25.5 Å². The number of thiazole rings is 1. The van der Waals surface area contributed by atoms with Crippen LogP contribution in [-0.2, 0) is 13.0 Å². The van der Waals surface area contributed by atoms with Gasteiger partial charge in [0.1, 0.15) is 0 Å². The summed E-state index contributed by atoms with van der Waals surface area (Å²) in [7, 11) is 4.12. The molecule has 1 aromatic rings. The van der Waals surface area contributed by atoms with Gasteiger partial charge in [0.2, 0.25) is 0 Å². The van der Waals surface area contributed by atoms with Crippen LogP contribution in [0.25, 0.3) is 0 Å². The molecule has 0 radical (unpaired) electrons. The molecule has 0 aliphatic carbocycles. The first-order valence-corrected chi connectivity index (χ1v) is 6.29. The number of nitrogens with zero attached hydrogens (tertiary/aromatic N) is 3. The Labute approximate surface area is 95.7 Å². The molecule has 4 heteroatoms. The number of hydrogen-bond acceptors (Lipinski definition) is 4. The van der Waals surface area contributed by atoms with Crippen LogP contribution in [-0.4, -0.2) is 36.6 Å². The fourth-order valence-corrected chi connectivity index (χ4v) is 2.89. The van der Waals surface area contributed by atoms with E-state index in [1.807, 2.05) is 11.3 Å². The van der Waals surface area contributed by atoms with Gasteiger partial charge in [0, 0.05) is 44.5 Å². The Morgan fingerprint density at radius 1 is 1.40 bits per heavy atom. The number of hydrogen-bond donors (Lipinski definition) is 0. The average molecular weight is 225 g/mol. The first kappa shape index (κ1) is 10.9. The van der Waals surface area contributed by atoms with Crippen molar-refractivity contribution >= 4 is 16.5 Å². The van der Waals surface area contributed by atoms with Crippen LogP contribution in [0.3, 0.4) is 0 Å². The molecule has 84 valence electrons. The molecule has 1 aromatic heterocycles. The zero-order valence-electron chi connectivity index (χ0n) is 9.95. The molecule has 0 N–H and O–H groups in total. The molecule has 1 aliphatic heterocycles. The van der Waals surface area contributed by atoms with Crippen LogP contribution in [0, 0.1) is 0 Å². The van der Waals surface area contributed by atoms with Gasteiger partial charge in [-0.25, -0.2) is 4.98 Å². The predicted octanol–water partition coefficient (Wildman–Crippen LogP) is 1.98. The van der Waals surface area contributed by atoms with Crippen LogP contribution >= 0.6 is 11.3 Å². The van der Waals surface area contributed by atoms with Gasteiger partial charge in [-0.2, -0.15) is 0 Å². The maximum Gasteiger partial charge on any atom is 0.185 e. The van der Waals surface area contributed by atoms with Crippen LogP contribution in [0.1, 0.15) is 24.4 Å². The van der Waals surface area contributed by atoms with Crippen LogP contribution < -0.4 is 4.90 Å². The summed E-state index contributed by atoms with van der Waals surface area (Å²) in [6, 6.07) is 0.642. The van der Waals surface area contributed by atoms with Crippen LogP contribution in [0.2, 0.25) is 0 Å². The lowest BCUT2D eigenvalue weighted by Gasteiger charge is -2.29. The van der Waals surface area contributed by atoms with E-state index in [0.29, 0.717) is 6.04 Å². The summed E-state index contributed by atoms with van der Waals surface area (Å²) in [6.45, 7) is 6.76. The molecule has 0 spiro atoms. The summed E-state index contributed by atoms with van der Waals surface area (Å²) in [4.78, 5) is 10.7. The lowest BCUT2D eigenvalue weighted by atomic mass is 10.1. The van der Waals surface area contributed by atoms with Gasteiger partial charge in [0.15, 0.2) is 5.13 Å². The summed E-state index contributed by atoms with van der Waals surface area (Å²) in [5, 5.41) is 1.14. The minimum atomic E-state index is 0.642. The van der Waals surface area contributed by atoms with Crippen molar-refractivity contribution in [3.8, 4) is 0 Å². The van der Waals surface area contributed by atoms with E-state index in [1.54, 1.807) is 0 Å². The highest BCUT2D eigenvalue weighted by Gasteiger charge is 2.22. The van der Waals surface area contributed by atoms with Crippen LogP contribution in [0.15, 0.2) is 0 Å². The van der Waals surface area contributed by atoms with Crippen molar-refractivity contribution in [3.63, 3.8) is 0 Å². The van der Waals surface area contributed by atoms with E-state index in [-0.39, 0.29) is 0 Å². The summed E-state index contributed by atoms with van der Waals surface area (Å²) < 4.78 is 0. The zero-order valence-corrected chi connectivity index (χ0v) is 10.8. The molecular weight excluding hydrogens is 206 g/mol. The number of fused-ring (bicyclic) bond motifs is 1. The lowest BCUT2D eigenvalue weighted by molar-refractivity contribution is 0.205. The molecule has 2 heterocycles. The van der Waals surface area contributed by atoms with Gasteiger partial charge in [-0.1, -0.05) is 0 Å². The molecule has 0 fully saturated rings. The molecule has 0 saturated carbocycles. The summed E-state index contributed by atoms with van der Waals surface area (Å²) >= 11 is 1.84. The van der Waals surface area contributed by atoms with Crippen LogP contribution in [0.5, 0.6) is 0 Å². The largest absolute Gasteiger partial charge is 0.354 e. The van der Waals surface area contributed by atoms with E-state index in [1.165, 1.54) is 10.6 Å². The molecule has 0 amide bonds. The van der Waals surface area contributed by atoms with E-state index >= 15 is 0 Å². The fourth-order valence-electron chi connectivity index (χ4n) is 1.83. The van der Waals surface area contributed by atoms with Gasteiger partial charge < -0.3 is 4.90 Å². The van der Waals surface area contributed by atoms with Gasteiger partial charge >= 0.3 is 0 Å². The molecular formula is C11H19N3S. The Kier molecular flexibility index (Phi) is 2.98. The second kappa shape index (κ2) is 4.10. The van der Waals surface area contributed by atoms with E-state index in [2.05, 4.69) is 42.7 Å². The standard InChI is InChI=1S/C11H19N3S/c1-8(2)14-6-5-9-10(7-14)15-11(12-9)13(3)4/h8H,5-7H2,1-4H3. The number of aromatic nitrogens is 1. The van der Waals surface area contributed by atoms with E-state index < -0.39 is 0 Å².